The van der Waals surface area contributed by atoms with Crippen molar-refractivity contribution in [1.82, 2.24) is 5.32 Å². The van der Waals surface area contributed by atoms with Gasteiger partial charge in [0.1, 0.15) is 6.04 Å². The summed E-state index contributed by atoms with van der Waals surface area (Å²) in [6.07, 6.45) is 0.582. The Labute approximate surface area is 84.0 Å². The van der Waals surface area contributed by atoms with Crippen molar-refractivity contribution >= 4 is 11.9 Å². The Morgan fingerprint density at radius 3 is 2.57 bits per heavy atom. The van der Waals surface area contributed by atoms with Crippen LogP contribution in [-0.4, -0.2) is 31.1 Å². The predicted molar refractivity (Wildman–Crippen MR) is 52.5 cm³/mol. The van der Waals surface area contributed by atoms with Crippen LogP contribution in [0.25, 0.3) is 0 Å². The van der Waals surface area contributed by atoms with Gasteiger partial charge in [-0.25, -0.2) is 0 Å². The maximum Gasteiger partial charge on any atom is 0.322 e. The Bertz CT molecular complexity index is 194. The molecule has 0 aliphatic carbocycles. The molecule has 14 heavy (non-hydrogen) atoms. The van der Waals surface area contributed by atoms with Crippen molar-refractivity contribution in [3.05, 3.63) is 0 Å². The lowest BCUT2D eigenvalue weighted by molar-refractivity contribution is -0.144. The monoisotopic (exact) mass is 202 g/mol. The number of hydrogen-bond acceptors (Lipinski definition) is 4. The number of nitrogens with two attached hydrogens (primary N) is 1. The third-order valence-corrected chi connectivity index (χ3v) is 1.65. The molecule has 0 aromatic heterocycles. The van der Waals surface area contributed by atoms with Gasteiger partial charge in [0.15, 0.2) is 0 Å². The molecule has 0 aliphatic rings. The first-order chi connectivity index (χ1) is 6.61. The number of hydrogen-bond donors (Lipinski definition) is 2. The van der Waals surface area contributed by atoms with Crippen LogP contribution in [0.1, 0.15) is 26.7 Å². The van der Waals surface area contributed by atoms with E-state index in [9.17, 15) is 9.59 Å². The topological polar surface area (TPSA) is 81.4 Å². The molecular weight excluding hydrogens is 184 g/mol. The summed E-state index contributed by atoms with van der Waals surface area (Å²) in [5.74, 6) is -0.538. The molecule has 3 N–H and O–H groups in total. The molecule has 0 bridgehead atoms. The molecule has 0 rings (SSSR count). The lowest BCUT2D eigenvalue weighted by atomic mass is 10.1. The number of carbonyl (C=O) groups excluding carboxylic acids is 2. The Balaban J connectivity index is 3.67. The van der Waals surface area contributed by atoms with Crippen LogP contribution in [0.4, 0.5) is 0 Å². The van der Waals surface area contributed by atoms with Gasteiger partial charge in [0.25, 0.3) is 0 Å². The Morgan fingerprint density at radius 2 is 2.07 bits per heavy atom. The van der Waals surface area contributed by atoms with Crippen LogP contribution in [-0.2, 0) is 14.3 Å². The van der Waals surface area contributed by atoms with Crippen molar-refractivity contribution in [2.45, 2.75) is 32.7 Å². The molecular formula is C9H18N2O3. The van der Waals surface area contributed by atoms with Gasteiger partial charge in [-0.1, -0.05) is 0 Å². The van der Waals surface area contributed by atoms with E-state index >= 15 is 0 Å². The van der Waals surface area contributed by atoms with Crippen molar-refractivity contribution in [3.8, 4) is 0 Å². The Hall–Kier alpha value is -1.10. The van der Waals surface area contributed by atoms with Gasteiger partial charge in [-0.2, -0.15) is 0 Å². The third-order valence-electron chi connectivity index (χ3n) is 1.65. The molecule has 5 heteroatoms. The third kappa shape index (κ3) is 5.53. The van der Waals surface area contributed by atoms with E-state index in [1.807, 2.05) is 6.92 Å². The van der Waals surface area contributed by atoms with Crippen molar-refractivity contribution in [2.24, 2.45) is 5.73 Å². The molecule has 0 aromatic carbocycles. The number of ether oxygens (including phenoxy) is 1. The maximum atomic E-state index is 11.0. The fraction of sp³-hybridized carbons (Fsp3) is 0.778. The highest BCUT2D eigenvalue weighted by molar-refractivity contribution is 5.79. The van der Waals surface area contributed by atoms with Gasteiger partial charge in [-0.3, -0.25) is 9.59 Å². The molecule has 0 aromatic rings. The second-order valence-electron chi connectivity index (χ2n) is 2.85. The van der Waals surface area contributed by atoms with E-state index in [2.05, 4.69) is 5.32 Å². The lowest BCUT2D eigenvalue weighted by Gasteiger charge is -2.09. The molecule has 0 fully saturated rings. The summed E-state index contributed by atoms with van der Waals surface area (Å²) in [7, 11) is 0. The van der Waals surface area contributed by atoms with Crippen molar-refractivity contribution in [3.63, 3.8) is 0 Å². The molecule has 1 unspecified atom stereocenters. The number of esters is 1. The lowest BCUT2D eigenvalue weighted by Crippen LogP contribution is -2.34. The highest BCUT2D eigenvalue weighted by Gasteiger charge is 2.15. The standard InChI is InChI=1S/C9H18N2O3/c1-3-11-8(12)6-5-7(10)9(13)14-4-2/h7H,3-6,10H2,1-2H3,(H,11,12). The molecule has 5 nitrogen and oxygen atoms in total. The summed E-state index contributed by atoms with van der Waals surface area (Å²) >= 11 is 0. The highest BCUT2D eigenvalue weighted by Crippen LogP contribution is 1.97. The van der Waals surface area contributed by atoms with Gasteiger partial charge in [-0.15, -0.1) is 0 Å². The van der Waals surface area contributed by atoms with Crippen LogP contribution >= 0.6 is 0 Å². The van der Waals surface area contributed by atoms with Crippen molar-refractivity contribution in [1.29, 1.82) is 0 Å². The minimum absolute atomic E-state index is 0.0905. The van der Waals surface area contributed by atoms with E-state index in [-0.39, 0.29) is 12.3 Å². The highest BCUT2D eigenvalue weighted by atomic mass is 16.5. The fourth-order valence-corrected chi connectivity index (χ4v) is 0.939. The van der Waals surface area contributed by atoms with Crippen molar-refractivity contribution < 1.29 is 14.3 Å². The van der Waals surface area contributed by atoms with Gasteiger partial charge in [0.2, 0.25) is 5.91 Å². The summed E-state index contributed by atoms with van der Waals surface area (Å²) < 4.78 is 4.70. The smallest absolute Gasteiger partial charge is 0.322 e. The first-order valence-corrected chi connectivity index (χ1v) is 4.80. The number of rotatable bonds is 6. The van der Waals surface area contributed by atoms with E-state index in [4.69, 9.17) is 10.5 Å². The summed E-state index contributed by atoms with van der Waals surface area (Å²) in [6.45, 7) is 4.46. The first kappa shape index (κ1) is 12.9. The molecule has 82 valence electrons. The molecule has 0 aliphatic heterocycles. The molecule has 0 heterocycles. The van der Waals surface area contributed by atoms with Crippen molar-refractivity contribution in [2.75, 3.05) is 13.2 Å². The number of nitrogens with one attached hydrogen (secondary N) is 1. The van der Waals surface area contributed by atoms with Gasteiger partial charge in [0.05, 0.1) is 6.61 Å². The molecule has 0 saturated heterocycles. The van der Waals surface area contributed by atoms with Gasteiger partial charge in [0, 0.05) is 13.0 Å². The SMILES string of the molecule is CCNC(=O)CCC(N)C(=O)OCC. The molecule has 1 amide bonds. The maximum absolute atomic E-state index is 11.0. The van der Waals surface area contributed by atoms with E-state index in [1.54, 1.807) is 6.92 Å². The predicted octanol–water partition coefficient (Wildman–Crippen LogP) is -0.207. The number of carbonyl (C=O) groups is 2. The minimum Gasteiger partial charge on any atom is -0.465 e. The van der Waals surface area contributed by atoms with Crippen LogP contribution in [0.15, 0.2) is 0 Å². The average molecular weight is 202 g/mol. The van der Waals surface area contributed by atoms with Gasteiger partial charge < -0.3 is 15.8 Å². The second-order valence-corrected chi connectivity index (χ2v) is 2.85. The van der Waals surface area contributed by atoms with Gasteiger partial charge >= 0.3 is 5.97 Å². The van der Waals surface area contributed by atoms with Crippen LogP contribution in [0, 0.1) is 0 Å². The number of amides is 1. The van der Waals surface area contributed by atoms with E-state index in [0.717, 1.165) is 0 Å². The van der Waals surface area contributed by atoms with E-state index < -0.39 is 12.0 Å². The molecule has 0 spiro atoms. The average Bonchev–Trinajstić information content (AvgIpc) is 2.15. The molecule has 0 radical (unpaired) electrons. The van der Waals surface area contributed by atoms with E-state index in [0.29, 0.717) is 19.6 Å². The normalized spacial score (nSPS) is 11.9. The largest absolute Gasteiger partial charge is 0.465 e. The summed E-state index contributed by atoms with van der Waals surface area (Å²) in [5.41, 5.74) is 5.49. The fourth-order valence-electron chi connectivity index (χ4n) is 0.939. The van der Waals surface area contributed by atoms with Crippen LogP contribution in [0.5, 0.6) is 0 Å². The van der Waals surface area contributed by atoms with Crippen LogP contribution < -0.4 is 11.1 Å². The zero-order valence-electron chi connectivity index (χ0n) is 8.71. The summed E-state index contributed by atoms with van der Waals surface area (Å²) in [5, 5.41) is 2.63. The first-order valence-electron chi connectivity index (χ1n) is 4.80. The zero-order valence-corrected chi connectivity index (χ0v) is 8.71. The quantitative estimate of drug-likeness (QED) is 0.584. The van der Waals surface area contributed by atoms with Gasteiger partial charge in [-0.05, 0) is 20.3 Å². The Kier molecular flexibility index (Phi) is 6.74. The second kappa shape index (κ2) is 7.32. The summed E-state index contributed by atoms with van der Waals surface area (Å²) in [4.78, 5) is 22.0. The van der Waals surface area contributed by atoms with E-state index in [1.165, 1.54) is 0 Å². The van der Waals surface area contributed by atoms with Crippen LogP contribution in [0.3, 0.4) is 0 Å². The molecule has 1 atom stereocenters. The molecule has 0 saturated carbocycles. The zero-order chi connectivity index (χ0) is 11.0. The Morgan fingerprint density at radius 1 is 1.43 bits per heavy atom. The van der Waals surface area contributed by atoms with Crippen LogP contribution in [0.2, 0.25) is 0 Å². The minimum atomic E-state index is -0.697. The summed E-state index contributed by atoms with van der Waals surface area (Å²) in [6, 6.07) is -0.697.